The highest BCUT2D eigenvalue weighted by molar-refractivity contribution is 6.31. The first-order chi connectivity index (χ1) is 17.7. The normalized spacial score (nSPS) is 17.3. The zero-order chi connectivity index (χ0) is 26.6. The standard InChI is InChI=1S/C26H26ClF3N2O5/c1-34-20-7-8-23(32-25(20)16-3-5-18(28)17(27)11-16)26(29,30)14-31-24-13-21(37-24)15-4-6-19(36-10-9-33)22(12-15)35-2/h3-8,11-12,21,24,31,33H,9-10,13-14H2,1-2H3. The number of halogens is 4. The number of hydrogen-bond acceptors (Lipinski definition) is 7. The van der Waals surface area contributed by atoms with E-state index in [9.17, 15) is 4.39 Å². The maximum absolute atomic E-state index is 15.1. The van der Waals surface area contributed by atoms with Crippen molar-refractivity contribution in [3.8, 4) is 28.5 Å². The summed E-state index contributed by atoms with van der Waals surface area (Å²) in [4.78, 5) is 4.11. The lowest BCUT2D eigenvalue weighted by Crippen LogP contribution is -2.46. The predicted molar refractivity (Wildman–Crippen MR) is 131 cm³/mol. The molecule has 4 rings (SSSR count). The number of methoxy groups -OCH3 is 2. The van der Waals surface area contributed by atoms with Gasteiger partial charge in [0.25, 0.3) is 0 Å². The summed E-state index contributed by atoms with van der Waals surface area (Å²) >= 11 is 5.86. The van der Waals surface area contributed by atoms with E-state index in [0.717, 1.165) is 11.6 Å². The second-order valence-electron chi connectivity index (χ2n) is 8.29. The molecule has 3 aromatic rings. The molecule has 0 radical (unpaired) electrons. The predicted octanol–water partition coefficient (Wildman–Crippen LogP) is 5.10. The van der Waals surface area contributed by atoms with Gasteiger partial charge in [-0.2, -0.15) is 8.78 Å². The molecule has 2 aromatic carbocycles. The van der Waals surface area contributed by atoms with E-state index in [0.29, 0.717) is 23.5 Å². The molecule has 1 aliphatic heterocycles. The number of aliphatic hydroxyl groups excluding tert-OH is 1. The molecule has 1 saturated heterocycles. The van der Waals surface area contributed by atoms with E-state index in [4.69, 9.17) is 35.7 Å². The molecule has 11 heteroatoms. The summed E-state index contributed by atoms with van der Waals surface area (Å²) in [6, 6.07) is 11.7. The summed E-state index contributed by atoms with van der Waals surface area (Å²) in [5.74, 6) is -2.72. The molecule has 2 unspecified atom stereocenters. The van der Waals surface area contributed by atoms with Gasteiger partial charge >= 0.3 is 5.92 Å². The molecule has 37 heavy (non-hydrogen) atoms. The van der Waals surface area contributed by atoms with Crippen LogP contribution in [0.2, 0.25) is 5.02 Å². The van der Waals surface area contributed by atoms with Crippen molar-refractivity contribution in [2.45, 2.75) is 24.7 Å². The lowest BCUT2D eigenvalue weighted by molar-refractivity contribution is -0.153. The van der Waals surface area contributed by atoms with Crippen LogP contribution < -0.4 is 19.5 Å². The Morgan fingerprint density at radius 1 is 1.08 bits per heavy atom. The summed E-state index contributed by atoms with van der Waals surface area (Å²) in [7, 11) is 2.89. The Labute approximate surface area is 217 Å². The summed E-state index contributed by atoms with van der Waals surface area (Å²) < 4.78 is 65.4. The van der Waals surface area contributed by atoms with Gasteiger partial charge in [-0.05, 0) is 48.0 Å². The second kappa shape index (κ2) is 11.6. The minimum absolute atomic E-state index is 0.122. The van der Waals surface area contributed by atoms with Crippen molar-refractivity contribution in [1.82, 2.24) is 10.3 Å². The highest BCUT2D eigenvalue weighted by atomic mass is 35.5. The maximum Gasteiger partial charge on any atom is 0.301 e. The Bertz CT molecular complexity index is 1240. The average Bonchev–Trinajstić information content (AvgIpc) is 2.87. The molecule has 1 aliphatic rings. The van der Waals surface area contributed by atoms with Gasteiger partial charge in [-0.1, -0.05) is 17.7 Å². The number of ether oxygens (including phenoxy) is 4. The van der Waals surface area contributed by atoms with Crippen molar-refractivity contribution in [2.24, 2.45) is 0 Å². The molecule has 1 aromatic heterocycles. The molecule has 0 spiro atoms. The number of aliphatic hydroxyl groups is 1. The molecule has 198 valence electrons. The SMILES string of the molecule is COc1cc(C2CC(NCC(F)(F)c3ccc(OC)c(-c4ccc(F)c(Cl)c4)n3)O2)ccc1OCCO. The largest absolute Gasteiger partial charge is 0.494 e. The molecular formula is C26H26ClF3N2O5. The van der Waals surface area contributed by atoms with Crippen molar-refractivity contribution in [3.63, 3.8) is 0 Å². The van der Waals surface area contributed by atoms with Crippen LogP contribution >= 0.6 is 11.6 Å². The number of alkyl halides is 2. The first kappa shape index (κ1) is 27.0. The van der Waals surface area contributed by atoms with Crippen LogP contribution in [0.25, 0.3) is 11.3 Å². The van der Waals surface area contributed by atoms with Crippen LogP contribution in [0.15, 0.2) is 48.5 Å². The number of benzene rings is 2. The molecule has 0 aliphatic carbocycles. The van der Waals surface area contributed by atoms with E-state index < -0.39 is 30.2 Å². The van der Waals surface area contributed by atoms with E-state index in [1.165, 1.54) is 38.5 Å². The topological polar surface area (TPSA) is 82.1 Å². The zero-order valence-corrected chi connectivity index (χ0v) is 20.9. The highest BCUT2D eigenvalue weighted by Crippen LogP contribution is 2.39. The summed E-state index contributed by atoms with van der Waals surface area (Å²) in [6.07, 6.45) is -0.382. The zero-order valence-electron chi connectivity index (χ0n) is 20.1. The molecular weight excluding hydrogens is 513 g/mol. The van der Waals surface area contributed by atoms with Crippen molar-refractivity contribution in [1.29, 1.82) is 0 Å². The van der Waals surface area contributed by atoms with Gasteiger partial charge in [-0.3, -0.25) is 5.32 Å². The Balaban J connectivity index is 1.40. The number of pyridine rings is 1. The maximum atomic E-state index is 15.1. The number of rotatable bonds is 11. The van der Waals surface area contributed by atoms with E-state index in [-0.39, 0.29) is 35.8 Å². The van der Waals surface area contributed by atoms with Gasteiger partial charge in [0.1, 0.15) is 35.8 Å². The Hall–Kier alpha value is -3.05. The van der Waals surface area contributed by atoms with Gasteiger partial charge in [-0.15, -0.1) is 0 Å². The quantitative estimate of drug-likeness (QED) is 0.351. The molecule has 7 nitrogen and oxygen atoms in total. The van der Waals surface area contributed by atoms with Crippen LogP contribution in [0.4, 0.5) is 13.2 Å². The van der Waals surface area contributed by atoms with Gasteiger partial charge < -0.3 is 24.1 Å². The molecule has 1 fully saturated rings. The number of aromatic nitrogens is 1. The van der Waals surface area contributed by atoms with Crippen LogP contribution in [0.1, 0.15) is 23.8 Å². The summed E-state index contributed by atoms with van der Waals surface area (Å²) in [5.41, 5.74) is 0.817. The summed E-state index contributed by atoms with van der Waals surface area (Å²) in [6.45, 7) is -0.689. The first-order valence-electron chi connectivity index (χ1n) is 11.4. The monoisotopic (exact) mass is 538 g/mol. The third kappa shape index (κ3) is 6.10. The number of nitrogens with zero attached hydrogens (tertiary/aromatic N) is 1. The minimum Gasteiger partial charge on any atom is -0.494 e. The molecule has 0 bridgehead atoms. The molecule has 2 heterocycles. The Kier molecular flexibility index (Phi) is 8.43. The van der Waals surface area contributed by atoms with E-state index >= 15 is 8.78 Å². The molecule has 0 amide bonds. The van der Waals surface area contributed by atoms with Gasteiger partial charge in [0.05, 0.1) is 38.5 Å². The van der Waals surface area contributed by atoms with Crippen LogP contribution in [0, 0.1) is 5.82 Å². The first-order valence-corrected chi connectivity index (χ1v) is 11.8. The molecule has 0 saturated carbocycles. The molecule has 2 atom stereocenters. The van der Waals surface area contributed by atoms with Crippen molar-refractivity contribution in [3.05, 3.63) is 70.6 Å². The van der Waals surface area contributed by atoms with Crippen LogP contribution in [-0.4, -0.2) is 50.3 Å². The number of nitrogens with one attached hydrogen (secondary N) is 1. The van der Waals surface area contributed by atoms with Gasteiger partial charge in [0, 0.05) is 12.0 Å². The Morgan fingerprint density at radius 3 is 2.49 bits per heavy atom. The van der Waals surface area contributed by atoms with Crippen LogP contribution in [0.3, 0.4) is 0 Å². The third-order valence-electron chi connectivity index (χ3n) is 5.86. The van der Waals surface area contributed by atoms with Gasteiger partial charge in [0.15, 0.2) is 11.5 Å². The van der Waals surface area contributed by atoms with Crippen LogP contribution in [0.5, 0.6) is 17.2 Å². The van der Waals surface area contributed by atoms with Crippen molar-refractivity contribution >= 4 is 11.6 Å². The fourth-order valence-electron chi connectivity index (χ4n) is 3.88. The number of hydrogen-bond donors (Lipinski definition) is 2. The average molecular weight is 539 g/mol. The smallest absolute Gasteiger partial charge is 0.301 e. The second-order valence-corrected chi connectivity index (χ2v) is 8.70. The summed E-state index contributed by atoms with van der Waals surface area (Å²) in [5, 5.41) is 11.5. The molecule has 2 N–H and O–H groups in total. The third-order valence-corrected chi connectivity index (χ3v) is 6.15. The van der Waals surface area contributed by atoms with E-state index in [1.54, 1.807) is 18.2 Å². The fraction of sp³-hybridized carbons (Fsp3) is 0.346. The fourth-order valence-corrected chi connectivity index (χ4v) is 4.07. The van der Waals surface area contributed by atoms with Gasteiger partial charge in [0.2, 0.25) is 0 Å². The lowest BCUT2D eigenvalue weighted by Gasteiger charge is -2.37. The van der Waals surface area contributed by atoms with Crippen molar-refractivity contribution in [2.75, 3.05) is 34.0 Å². The lowest BCUT2D eigenvalue weighted by atomic mass is 10.0. The highest BCUT2D eigenvalue weighted by Gasteiger charge is 2.38. The Morgan fingerprint density at radius 2 is 1.81 bits per heavy atom. The van der Waals surface area contributed by atoms with E-state index in [1.807, 2.05) is 0 Å². The van der Waals surface area contributed by atoms with E-state index in [2.05, 4.69) is 10.3 Å². The van der Waals surface area contributed by atoms with Crippen LogP contribution in [-0.2, 0) is 10.7 Å². The van der Waals surface area contributed by atoms with Gasteiger partial charge in [-0.25, -0.2) is 9.37 Å². The van der Waals surface area contributed by atoms with Crippen molar-refractivity contribution < 1.29 is 37.2 Å². The minimum atomic E-state index is -3.33.